The second-order valence-corrected chi connectivity index (χ2v) is 5.18. The molecule has 1 rings (SSSR count). The number of ether oxygens (including phenoxy) is 1. The second kappa shape index (κ2) is 6.78. The van der Waals surface area contributed by atoms with E-state index in [-0.39, 0.29) is 22.5 Å². The third-order valence-electron chi connectivity index (χ3n) is 2.24. The lowest BCUT2D eigenvalue weighted by atomic mass is 10.2. The van der Waals surface area contributed by atoms with E-state index in [1.165, 1.54) is 25.1 Å². The molecule has 0 saturated carbocycles. The quantitative estimate of drug-likeness (QED) is 0.870. The monoisotopic (exact) mass is 303 g/mol. The van der Waals surface area contributed by atoms with Gasteiger partial charge in [0, 0.05) is 11.1 Å². The van der Waals surface area contributed by atoms with E-state index in [9.17, 15) is 9.59 Å². The minimum atomic E-state index is -0.887. The van der Waals surface area contributed by atoms with Gasteiger partial charge in [0.05, 0.1) is 10.6 Å². The van der Waals surface area contributed by atoms with Crippen molar-refractivity contribution in [3.05, 3.63) is 33.8 Å². The molecule has 1 aromatic rings. The smallest absolute Gasteiger partial charge is 0.340 e. The maximum absolute atomic E-state index is 11.8. The number of benzene rings is 1. The van der Waals surface area contributed by atoms with Crippen LogP contribution in [0.15, 0.2) is 18.2 Å². The molecule has 0 fully saturated rings. The molecule has 0 unspecified atom stereocenters. The highest BCUT2D eigenvalue weighted by atomic mass is 35.5. The van der Waals surface area contributed by atoms with Gasteiger partial charge in [0.25, 0.3) is 5.91 Å². The molecule has 0 aromatic heterocycles. The van der Waals surface area contributed by atoms with Crippen LogP contribution in [0.4, 0.5) is 0 Å². The first-order chi connectivity index (χ1) is 8.81. The van der Waals surface area contributed by atoms with Crippen LogP contribution in [0.25, 0.3) is 0 Å². The summed E-state index contributed by atoms with van der Waals surface area (Å²) in [6, 6.07) is 4.41. The van der Waals surface area contributed by atoms with Crippen molar-refractivity contribution in [2.45, 2.75) is 32.9 Å². The van der Waals surface area contributed by atoms with E-state index in [0.717, 1.165) is 0 Å². The van der Waals surface area contributed by atoms with Crippen molar-refractivity contribution >= 4 is 35.1 Å². The summed E-state index contributed by atoms with van der Waals surface area (Å²) in [6.07, 6.45) is -0.887. The number of carbonyl (C=O) groups excluding carboxylic acids is 2. The Balaban J connectivity index is 2.71. The Morgan fingerprint density at radius 2 is 1.84 bits per heavy atom. The second-order valence-electron chi connectivity index (χ2n) is 4.33. The zero-order chi connectivity index (χ0) is 14.6. The number of halogens is 2. The van der Waals surface area contributed by atoms with Crippen molar-refractivity contribution < 1.29 is 14.3 Å². The highest BCUT2D eigenvalue weighted by Crippen LogP contribution is 2.22. The van der Waals surface area contributed by atoms with E-state index >= 15 is 0 Å². The summed E-state index contributed by atoms with van der Waals surface area (Å²) in [5.74, 6) is -1.01. The van der Waals surface area contributed by atoms with E-state index in [2.05, 4.69) is 5.32 Å². The van der Waals surface area contributed by atoms with Gasteiger partial charge in [-0.05, 0) is 39.0 Å². The highest BCUT2D eigenvalue weighted by molar-refractivity contribution is 6.36. The normalized spacial score (nSPS) is 12.1. The summed E-state index contributed by atoms with van der Waals surface area (Å²) in [5, 5.41) is 3.26. The highest BCUT2D eigenvalue weighted by Gasteiger charge is 2.20. The van der Waals surface area contributed by atoms with Gasteiger partial charge in [-0.3, -0.25) is 4.79 Å². The number of rotatable bonds is 4. The lowest BCUT2D eigenvalue weighted by molar-refractivity contribution is -0.129. The summed E-state index contributed by atoms with van der Waals surface area (Å²) in [5.41, 5.74) is 0.176. The molecule has 1 N–H and O–H groups in total. The molecular weight excluding hydrogens is 289 g/mol. The van der Waals surface area contributed by atoms with E-state index < -0.39 is 12.1 Å². The van der Waals surface area contributed by atoms with Crippen LogP contribution in [0.1, 0.15) is 31.1 Å². The molecule has 0 aliphatic rings. The van der Waals surface area contributed by atoms with Crippen molar-refractivity contribution in [3.8, 4) is 0 Å². The zero-order valence-corrected chi connectivity index (χ0v) is 12.4. The first-order valence-electron chi connectivity index (χ1n) is 5.77. The minimum Gasteiger partial charge on any atom is -0.449 e. The molecule has 1 aromatic carbocycles. The van der Waals surface area contributed by atoms with Gasteiger partial charge in [0.1, 0.15) is 0 Å². The van der Waals surface area contributed by atoms with Crippen LogP contribution in [-0.2, 0) is 9.53 Å². The summed E-state index contributed by atoms with van der Waals surface area (Å²) in [7, 11) is 0. The average molecular weight is 304 g/mol. The summed E-state index contributed by atoms with van der Waals surface area (Å²) in [6.45, 7) is 5.14. The molecule has 4 nitrogen and oxygen atoms in total. The Bertz CT molecular complexity index is 489. The first kappa shape index (κ1) is 15.8. The number of amides is 1. The van der Waals surface area contributed by atoms with E-state index in [0.29, 0.717) is 5.02 Å². The molecule has 0 spiro atoms. The largest absolute Gasteiger partial charge is 0.449 e. The van der Waals surface area contributed by atoms with Crippen LogP contribution in [-0.4, -0.2) is 24.0 Å². The maximum atomic E-state index is 11.8. The lowest BCUT2D eigenvalue weighted by Gasteiger charge is -2.15. The van der Waals surface area contributed by atoms with Crippen molar-refractivity contribution in [1.82, 2.24) is 5.32 Å². The van der Waals surface area contributed by atoms with Crippen molar-refractivity contribution in [1.29, 1.82) is 0 Å². The molecule has 1 atom stereocenters. The molecule has 19 heavy (non-hydrogen) atoms. The van der Waals surface area contributed by atoms with Crippen LogP contribution >= 0.6 is 23.2 Å². The molecule has 0 radical (unpaired) electrons. The predicted octanol–water partition coefficient (Wildman–Crippen LogP) is 3.06. The number of hydrogen-bond donors (Lipinski definition) is 1. The van der Waals surface area contributed by atoms with Gasteiger partial charge in [0.2, 0.25) is 0 Å². The maximum Gasteiger partial charge on any atom is 0.340 e. The number of hydrogen-bond acceptors (Lipinski definition) is 3. The Kier molecular flexibility index (Phi) is 5.63. The molecule has 0 aliphatic carbocycles. The summed E-state index contributed by atoms with van der Waals surface area (Å²) in [4.78, 5) is 23.5. The van der Waals surface area contributed by atoms with Gasteiger partial charge in [-0.15, -0.1) is 0 Å². The van der Waals surface area contributed by atoms with Crippen molar-refractivity contribution in [3.63, 3.8) is 0 Å². The number of esters is 1. The molecule has 0 heterocycles. The van der Waals surface area contributed by atoms with E-state index in [4.69, 9.17) is 27.9 Å². The van der Waals surface area contributed by atoms with Gasteiger partial charge >= 0.3 is 5.97 Å². The minimum absolute atomic E-state index is 0.0206. The lowest BCUT2D eigenvalue weighted by Crippen LogP contribution is -2.39. The van der Waals surface area contributed by atoms with Gasteiger partial charge in [-0.25, -0.2) is 4.79 Å². The standard InChI is InChI=1S/C13H15Cl2NO3/c1-7(2)16-12(17)8(3)19-13(18)10-5-4-9(14)6-11(10)15/h4-8H,1-3H3,(H,16,17)/t8-/m1/s1. The van der Waals surface area contributed by atoms with Gasteiger partial charge in [-0.2, -0.15) is 0 Å². The van der Waals surface area contributed by atoms with Gasteiger partial charge < -0.3 is 10.1 Å². The zero-order valence-electron chi connectivity index (χ0n) is 10.9. The van der Waals surface area contributed by atoms with E-state index in [1.807, 2.05) is 13.8 Å². The van der Waals surface area contributed by atoms with Gasteiger partial charge in [0.15, 0.2) is 6.10 Å². The average Bonchev–Trinajstić information content (AvgIpc) is 2.27. The van der Waals surface area contributed by atoms with Gasteiger partial charge in [-0.1, -0.05) is 23.2 Å². The third kappa shape index (κ3) is 4.73. The van der Waals surface area contributed by atoms with Crippen molar-refractivity contribution in [2.24, 2.45) is 0 Å². The number of carbonyl (C=O) groups is 2. The molecular formula is C13H15Cl2NO3. The molecule has 104 valence electrons. The fraction of sp³-hybridized carbons (Fsp3) is 0.385. The fourth-order valence-corrected chi connectivity index (χ4v) is 1.82. The SMILES string of the molecule is CC(C)NC(=O)[C@@H](C)OC(=O)c1ccc(Cl)cc1Cl. The van der Waals surface area contributed by atoms with Crippen molar-refractivity contribution in [2.75, 3.05) is 0 Å². The van der Waals surface area contributed by atoms with Crippen LogP contribution in [0.2, 0.25) is 10.0 Å². The summed E-state index contributed by atoms with van der Waals surface area (Å²) >= 11 is 11.6. The Labute approximate surface area is 122 Å². The van der Waals surface area contributed by atoms with Crippen LogP contribution in [0.3, 0.4) is 0 Å². The number of nitrogens with one attached hydrogen (secondary N) is 1. The molecule has 6 heteroatoms. The predicted molar refractivity (Wildman–Crippen MR) is 74.6 cm³/mol. The van der Waals surface area contributed by atoms with Crippen LogP contribution in [0, 0.1) is 0 Å². The fourth-order valence-electron chi connectivity index (χ4n) is 1.33. The Morgan fingerprint density at radius 1 is 1.21 bits per heavy atom. The first-order valence-corrected chi connectivity index (χ1v) is 6.53. The molecule has 0 bridgehead atoms. The van der Waals surface area contributed by atoms with E-state index in [1.54, 1.807) is 0 Å². The molecule has 0 aliphatic heterocycles. The topological polar surface area (TPSA) is 55.4 Å². The third-order valence-corrected chi connectivity index (χ3v) is 2.78. The molecule has 1 amide bonds. The van der Waals surface area contributed by atoms with Crippen LogP contribution in [0.5, 0.6) is 0 Å². The van der Waals surface area contributed by atoms with Crippen LogP contribution < -0.4 is 5.32 Å². The Morgan fingerprint density at radius 3 is 2.37 bits per heavy atom. The Hall–Kier alpha value is -1.26. The molecule has 0 saturated heterocycles. The summed E-state index contributed by atoms with van der Waals surface area (Å²) < 4.78 is 5.04.